The molecule has 0 aliphatic rings. The first-order valence-corrected chi connectivity index (χ1v) is 3.41. The first-order chi connectivity index (χ1) is 4.20. The van der Waals surface area contributed by atoms with E-state index in [1.54, 1.807) is 0 Å². The molecule has 0 N–H and O–H groups in total. The van der Waals surface area contributed by atoms with Gasteiger partial charge in [0, 0.05) is 0 Å². The zero-order chi connectivity index (χ0) is 6.85. The molecule has 0 unspecified atom stereocenters. The van der Waals surface area contributed by atoms with Gasteiger partial charge >= 0.3 is 59.1 Å². The molecular formula is C8H9Na2P. The van der Waals surface area contributed by atoms with Crippen LogP contribution in [-0.4, -0.2) is 0 Å². The predicted octanol–water partition coefficient (Wildman–Crippen LogP) is -3.65. The fourth-order valence-corrected chi connectivity index (χ4v) is 0.944. The molecule has 0 saturated carbocycles. The predicted molar refractivity (Wildman–Crippen MR) is 42.5 cm³/mol. The van der Waals surface area contributed by atoms with Gasteiger partial charge in [0.2, 0.25) is 0 Å². The van der Waals surface area contributed by atoms with Gasteiger partial charge in [0.15, 0.2) is 0 Å². The second kappa shape index (κ2) is 7.09. The van der Waals surface area contributed by atoms with Crippen molar-refractivity contribution in [3.8, 4) is 0 Å². The van der Waals surface area contributed by atoms with Crippen LogP contribution in [0.25, 0.3) is 0 Å². The Bertz CT molecular complexity index is 223. The van der Waals surface area contributed by atoms with Gasteiger partial charge in [0.1, 0.15) is 0 Å². The first-order valence-electron chi connectivity index (χ1n) is 2.96. The van der Waals surface area contributed by atoms with Crippen molar-refractivity contribution in [2.24, 2.45) is 0 Å². The zero-order valence-corrected chi connectivity index (χ0v) is 12.6. The summed E-state index contributed by atoms with van der Waals surface area (Å²) in [6.45, 7) is 4.15. The van der Waals surface area contributed by atoms with Crippen LogP contribution in [0.3, 0.4) is 0 Å². The summed E-state index contributed by atoms with van der Waals surface area (Å²) in [4.78, 5) is 0. The second-order valence-electron chi connectivity index (χ2n) is 2.29. The molecule has 0 amide bonds. The van der Waals surface area contributed by atoms with E-state index < -0.39 is 0 Å². The van der Waals surface area contributed by atoms with Gasteiger partial charge in [-0.3, -0.25) is 0 Å². The number of aryl methyl sites for hydroxylation is 2. The molecule has 1 aromatic rings. The molecule has 0 bridgehead atoms. The van der Waals surface area contributed by atoms with Gasteiger partial charge < -0.3 is 14.5 Å². The fraction of sp³-hybridized carbons (Fsp3) is 0.250. The molecule has 1 rings (SSSR count). The van der Waals surface area contributed by atoms with Gasteiger partial charge in [-0.05, 0) is 13.8 Å². The van der Waals surface area contributed by atoms with Gasteiger partial charge in [-0.15, -0.1) is 11.6 Å². The number of benzene rings is 1. The molecule has 0 nitrogen and oxygen atoms in total. The van der Waals surface area contributed by atoms with E-state index in [0.29, 0.717) is 0 Å². The molecule has 0 aliphatic heterocycles. The van der Waals surface area contributed by atoms with Crippen molar-refractivity contribution < 1.29 is 59.1 Å². The van der Waals surface area contributed by atoms with Crippen molar-refractivity contribution in [2.45, 2.75) is 13.8 Å². The maximum absolute atomic E-state index is 4.25. The van der Waals surface area contributed by atoms with E-state index in [1.165, 1.54) is 11.1 Å². The Balaban J connectivity index is 0. The standard InChI is InChI=1S/C8H9P.2Na/c1-6-3-4-8(9)7(2)5-6;;/h3-5H,1-2H3;;/q-2;2*+1. The first kappa shape index (κ1) is 15.1. The van der Waals surface area contributed by atoms with E-state index in [0.717, 1.165) is 5.30 Å². The smallest absolute Gasteiger partial charge is 1.00 e. The molecule has 3 heteroatoms. The quantitative estimate of drug-likeness (QED) is 0.287. The Labute approximate surface area is 115 Å². The van der Waals surface area contributed by atoms with Crippen LogP contribution in [0, 0.1) is 13.8 Å². The molecular weight excluding hydrogens is 173 g/mol. The van der Waals surface area contributed by atoms with Crippen LogP contribution < -0.4 is 64.4 Å². The topological polar surface area (TPSA) is 0 Å². The van der Waals surface area contributed by atoms with Crippen molar-refractivity contribution >= 4 is 14.5 Å². The summed E-state index contributed by atoms with van der Waals surface area (Å²) in [6, 6.07) is 6.21. The summed E-state index contributed by atoms with van der Waals surface area (Å²) in [5.74, 6) is 0. The molecule has 0 aromatic heterocycles. The number of hydrogen-bond donors (Lipinski definition) is 0. The molecule has 0 radical (unpaired) electrons. The van der Waals surface area contributed by atoms with Crippen molar-refractivity contribution in [1.82, 2.24) is 0 Å². The Hall–Kier alpha value is 1.65. The monoisotopic (exact) mass is 182 g/mol. The van der Waals surface area contributed by atoms with Crippen molar-refractivity contribution in [2.75, 3.05) is 0 Å². The minimum atomic E-state index is 0. The third-order valence-corrected chi connectivity index (χ3v) is 1.85. The molecule has 0 aliphatic carbocycles. The van der Waals surface area contributed by atoms with E-state index in [1.807, 2.05) is 6.07 Å². The van der Waals surface area contributed by atoms with Crippen LogP contribution in [0.15, 0.2) is 18.2 Å². The second-order valence-corrected chi connectivity index (χ2v) is 2.77. The van der Waals surface area contributed by atoms with Crippen LogP contribution >= 0.6 is 9.24 Å². The van der Waals surface area contributed by atoms with Crippen molar-refractivity contribution in [1.29, 1.82) is 0 Å². The minimum Gasteiger partial charge on any atom is -1.45 e. The molecule has 0 heterocycles. The van der Waals surface area contributed by atoms with Crippen molar-refractivity contribution in [3.05, 3.63) is 29.3 Å². The van der Waals surface area contributed by atoms with Gasteiger partial charge in [-0.2, -0.15) is 0 Å². The summed E-state index contributed by atoms with van der Waals surface area (Å²) >= 11 is 0. The maximum Gasteiger partial charge on any atom is 1.00 e. The average molecular weight is 182 g/mol. The van der Waals surface area contributed by atoms with E-state index in [-0.39, 0.29) is 59.1 Å². The molecule has 0 saturated heterocycles. The van der Waals surface area contributed by atoms with Crippen LogP contribution in [-0.2, 0) is 0 Å². The summed E-state index contributed by atoms with van der Waals surface area (Å²) in [7, 11) is 4.25. The molecule has 48 valence electrons. The summed E-state index contributed by atoms with van der Waals surface area (Å²) in [5, 5.41) is 1.07. The average Bonchev–Trinajstić information content (AvgIpc) is 1.80. The van der Waals surface area contributed by atoms with Crippen LogP contribution in [0.5, 0.6) is 0 Å². The van der Waals surface area contributed by atoms with Gasteiger partial charge in [0.05, 0.1) is 0 Å². The van der Waals surface area contributed by atoms with E-state index in [4.69, 9.17) is 0 Å². The fourth-order valence-electron chi connectivity index (χ4n) is 0.805. The SMILES string of the molecule is Cc1ccc([P-2])c(C)c1.[Na+].[Na+]. The summed E-state index contributed by atoms with van der Waals surface area (Å²) < 4.78 is 0. The number of rotatable bonds is 0. The minimum absolute atomic E-state index is 0. The zero-order valence-electron chi connectivity index (χ0n) is 7.68. The summed E-state index contributed by atoms with van der Waals surface area (Å²) in [6.07, 6.45) is 0. The third kappa shape index (κ3) is 5.05. The van der Waals surface area contributed by atoms with Crippen LogP contribution in [0.2, 0.25) is 0 Å². The van der Waals surface area contributed by atoms with Gasteiger partial charge in [0.25, 0.3) is 0 Å². The molecule has 0 fully saturated rings. The van der Waals surface area contributed by atoms with Gasteiger partial charge in [-0.25, -0.2) is 0 Å². The third-order valence-electron chi connectivity index (χ3n) is 1.35. The van der Waals surface area contributed by atoms with Crippen LogP contribution in [0.1, 0.15) is 11.1 Å². The van der Waals surface area contributed by atoms with Gasteiger partial charge in [-0.1, -0.05) is 17.7 Å². The van der Waals surface area contributed by atoms with E-state index in [9.17, 15) is 0 Å². The number of hydrogen-bond acceptors (Lipinski definition) is 0. The maximum atomic E-state index is 4.25. The normalized spacial score (nSPS) is 7.91. The molecule has 0 spiro atoms. The van der Waals surface area contributed by atoms with E-state index >= 15 is 0 Å². The largest absolute Gasteiger partial charge is 1.45 e. The molecule has 1 aromatic carbocycles. The van der Waals surface area contributed by atoms with Crippen molar-refractivity contribution in [3.63, 3.8) is 0 Å². The Morgan fingerprint density at radius 2 is 1.64 bits per heavy atom. The van der Waals surface area contributed by atoms with E-state index in [2.05, 4.69) is 35.2 Å². The van der Waals surface area contributed by atoms with Crippen LogP contribution in [0.4, 0.5) is 0 Å². The molecule has 0 atom stereocenters. The summed E-state index contributed by atoms with van der Waals surface area (Å²) in [5.41, 5.74) is 2.55. The Morgan fingerprint density at radius 1 is 1.09 bits per heavy atom. The Kier molecular flexibility index (Phi) is 9.76. The molecule has 11 heavy (non-hydrogen) atoms. The Morgan fingerprint density at radius 3 is 2.00 bits per heavy atom.